The fourth-order valence-electron chi connectivity index (χ4n) is 2.99. The molecule has 12 nitrogen and oxygen atoms in total. The number of hydrogen-bond acceptors (Lipinski definition) is 9. The third-order valence-electron chi connectivity index (χ3n) is 4.56. The number of sulfonamides is 2. The molecule has 14 heteroatoms. The predicted molar refractivity (Wildman–Crippen MR) is 113 cm³/mol. The number of nitrogens with zero attached hydrogens (tertiary/aromatic N) is 2. The van der Waals surface area contributed by atoms with Crippen molar-refractivity contribution in [2.24, 2.45) is 0 Å². The lowest BCUT2D eigenvalue weighted by molar-refractivity contribution is -0.386. The lowest BCUT2D eigenvalue weighted by Crippen LogP contribution is -2.40. The summed E-state index contributed by atoms with van der Waals surface area (Å²) in [5, 5.41) is 20.6. The van der Waals surface area contributed by atoms with Crippen LogP contribution < -0.4 is 9.46 Å². The maximum Gasteiger partial charge on any atom is 0.312 e. The van der Waals surface area contributed by atoms with E-state index < -0.39 is 41.3 Å². The minimum atomic E-state index is -4.39. The van der Waals surface area contributed by atoms with Crippen molar-refractivity contribution in [3.63, 3.8) is 0 Å². The van der Waals surface area contributed by atoms with E-state index in [4.69, 9.17) is 9.47 Å². The van der Waals surface area contributed by atoms with Crippen LogP contribution in [0.3, 0.4) is 0 Å². The van der Waals surface area contributed by atoms with E-state index in [-0.39, 0.29) is 49.2 Å². The van der Waals surface area contributed by atoms with Gasteiger partial charge in [-0.1, -0.05) is 0 Å². The van der Waals surface area contributed by atoms with Crippen molar-refractivity contribution < 1.29 is 36.3 Å². The Labute approximate surface area is 184 Å². The molecule has 32 heavy (non-hydrogen) atoms. The van der Waals surface area contributed by atoms with Gasteiger partial charge < -0.3 is 14.6 Å². The Kier molecular flexibility index (Phi) is 6.88. The van der Waals surface area contributed by atoms with Gasteiger partial charge in [0, 0.05) is 19.2 Å². The minimum Gasteiger partial charge on any atom is -0.502 e. The third-order valence-corrected chi connectivity index (χ3v) is 7.81. The summed E-state index contributed by atoms with van der Waals surface area (Å²) in [7, 11) is -8.31. The van der Waals surface area contributed by atoms with E-state index in [0.29, 0.717) is 6.07 Å². The first-order valence-electron chi connectivity index (χ1n) is 9.41. The van der Waals surface area contributed by atoms with Crippen molar-refractivity contribution in [2.75, 3.05) is 37.6 Å². The van der Waals surface area contributed by atoms with Crippen LogP contribution >= 0.6 is 0 Å². The highest BCUT2D eigenvalue weighted by molar-refractivity contribution is 7.92. The number of ether oxygens (including phenoxy) is 2. The quantitative estimate of drug-likeness (QED) is 0.415. The number of phenolic OH excluding ortho intramolecular Hbond substituents is 1. The zero-order valence-electron chi connectivity index (χ0n) is 16.9. The van der Waals surface area contributed by atoms with Crippen LogP contribution in [0.25, 0.3) is 0 Å². The van der Waals surface area contributed by atoms with Gasteiger partial charge in [-0.05, 0) is 37.3 Å². The third kappa shape index (κ3) is 4.93. The summed E-state index contributed by atoms with van der Waals surface area (Å²) in [6, 6.07) is 6.33. The number of anilines is 1. The summed E-state index contributed by atoms with van der Waals surface area (Å²) >= 11 is 0. The van der Waals surface area contributed by atoms with E-state index in [1.165, 1.54) is 16.4 Å². The molecule has 0 spiro atoms. The number of aromatic hydroxyl groups is 1. The van der Waals surface area contributed by atoms with Gasteiger partial charge in [-0.15, -0.1) is 0 Å². The Hall–Kier alpha value is -2.94. The van der Waals surface area contributed by atoms with Crippen LogP contribution in [0.1, 0.15) is 6.92 Å². The molecule has 0 bridgehead atoms. The van der Waals surface area contributed by atoms with Crippen molar-refractivity contribution in [3.05, 3.63) is 46.5 Å². The fraction of sp³-hybridized carbons (Fsp3) is 0.333. The van der Waals surface area contributed by atoms with Crippen LogP contribution in [0.5, 0.6) is 11.5 Å². The van der Waals surface area contributed by atoms with Gasteiger partial charge in [0.1, 0.15) is 5.75 Å². The summed E-state index contributed by atoms with van der Waals surface area (Å²) in [6.07, 6.45) is 0. The number of morpholine rings is 1. The zero-order valence-corrected chi connectivity index (χ0v) is 18.6. The van der Waals surface area contributed by atoms with Crippen LogP contribution in [0.15, 0.2) is 46.2 Å². The second kappa shape index (κ2) is 9.28. The molecule has 0 radical (unpaired) electrons. The predicted octanol–water partition coefficient (Wildman–Crippen LogP) is 1.52. The second-order valence-corrected chi connectivity index (χ2v) is 10.2. The van der Waals surface area contributed by atoms with Crippen molar-refractivity contribution in [1.82, 2.24) is 4.31 Å². The Balaban J connectivity index is 2.01. The normalized spacial score (nSPS) is 15.3. The SMILES string of the molecule is CCOc1ccc(S(=O)(=O)N2CCOCC2)cc1NS(=O)(=O)c1ccc(O)c([N+](=O)[O-])c1. The van der Waals surface area contributed by atoms with Gasteiger partial charge in [-0.25, -0.2) is 16.8 Å². The average molecular weight is 488 g/mol. The number of nitro groups is 1. The van der Waals surface area contributed by atoms with E-state index >= 15 is 0 Å². The molecule has 2 aromatic carbocycles. The highest BCUT2D eigenvalue weighted by Gasteiger charge is 2.28. The molecule has 0 aromatic heterocycles. The number of benzene rings is 2. The number of phenols is 1. The second-order valence-electron chi connectivity index (χ2n) is 6.62. The highest BCUT2D eigenvalue weighted by atomic mass is 32.2. The maximum atomic E-state index is 13.0. The summed E-state index contributed by atoms with van der Waals surface area (Å²) in [5.41, 5.74) is -0.946. The van der Waals surface area contributed by atoms with Crippen molar-refractivity contribution >= 4 is 31.4 Å². The summed E-state index contributed by atoms with van der Waals surface area (Å²) in [6.45, 7) is 2.65. The van der Waals surface area contributed by atoms with Gasteiger partial charge >= 0.3 is 5.69 Å². The Morgan fingerprint density at radius 1 is 1.12 bits per heavy atom. The Morgan fingerprint density at radius 2 is 1.78 bits per heavy atom. The molecule has 1 saturated heterocycles. The van der Waals surface area contributed by atoms with Crippen molar-refractivity contribution in [3.8, 4) is 11.5 Å². The van der Waals surface area contributed by atoms with Crippen LogP contribution in [0.4, 0.5) is 11.4 Å². The van der Waals surface area contributed by atoms with E-state index in [2.05, 4.69) is 4.72 Å². The highest BCUT2D eigenvalue weighted by Crippen LogP contribution is 2.33. The number of nitro benzene ring substituents is 1. The average Bonchev–Trinajstić information content (AvgIpc) is 2.75. The van der Waals surface area contributed by atoms with E-state index in [0.717, 1.165) is 18.2 Å². The molecule has 0 saturated carbocycles. The number of hydrogen-bond donors (Lipinski definition) is 2. The first-order chi connectivity index (χ1) is 15.1. The molecule has 0 aliphatic carbocycles. The molecule has 1 heterocycles. The van der Waals surface area contributed by atoms with Gasteiger partial charge in [-0.2, -0.15) is 4.31 Å². The molecule has 1 fully saturated rings. The molecular formula is C18H21N3O9S2. The van der Waals surface area contributed by atoms with Crippen LogP contribution in [-0.4, -0.2) is 64.1 Å². The van der Waals surface area contributed by atoms with Crippen LogP contribution in [0, 0.1) is 10.1 Å². The monoisotopic (exact) mass is 487 g/mol. The topological polar surface area (TPSA) is 165 Å². The molecular weight excluding hydrogens is 466 g/mol. The summed E-state index contributed by atoms with van der Waals surface area (Å²) in [5.74, 6) is -0.618. The van der Waals surface area contributed by atoms with Crippen LogP contribution in [-0.2, 0) is 24.8 Å². The fourth-order valence-corrected chi connectivity index (χ4v) is 5.50. The van der Waals surface area contributed by atoms with Crippen molar-refractivity contribution in [2.45, 2.75) is 16.7 Å². The molecule has 0 amide bonds. The molecule has 3 rings (SSSR count). The first kappa shape index (κ1) is 23.7. The molecule has 2 N–H and O–H groups in total. The Bertz CT molecular complexity index is 1220. The molecule has 0 unspecified atom stereocenters. The van der Waals surface area contributed by atoms with E-state index in [1.807, 2.05) is 0 Å². The van der Waals surface area contributed by atoms with Crippen molar-refractivity contribution in [1.29, 1.82) is 0 Å². The van der Waals surface area contributed by atoms with Gasteiger partial charge in [0.25, 0.3) is 10.0 Å². The molecule has 1 aliphatic heterocycles. The molecule has 1 aliphatic rings. The van der Waals surface area contributed by atoms with E-state index in [1.54, 1.807) is 6.92 Å². The van der Waals surface area contributed by atoms with E-state index in [9.17, 15) is 32.1 Å². The Morgan fingerprint density at radius 3 is 2.41 bits per heavy atom. The molecule has 2 aromatic rings. The minimum absolute atomic E-state index is 0.0743. The smallest absolute Gasteiger partial charge is 0.312 e. The van der Waals surface area contributed by atoms with Gasteiger partial charge in [-0.3, -0.25) is 14.8 Å². The maximum absolute atomic E-state index is 13.0. The number of rotatable bonds is 8. The lowest BCUT2D eigenvalue weighted by atomic mass is 10.3. The summed E-state index contributed by atoms with van der Waals surface area (Å²) in [4.78, 5) is 9.46. The molecule has 0 atom stereocenters. The van der Waals surface area contributed by atoms with Gasteiger partial charge in [0.2, 0.25) is 10.0 Å². The van der Waals surface area contributed by atoms with Gasteiger partial charge in [0.15, 0.2) is 5.75 Å². The zero-order chi connectivity index (χ0) is 23.5. The largest absolute Gasteiger partial charge is 0.502 e. The molecule has 174 valence electrons. The summed E-state index contributed by atoms with van der Waals surface area (Å²) < 4.78 is 65.7. The number of nitrogens with one attached hydrogen (secondary N) is 1. The van der Waals surface area contributed by atoms with Gasteiger partial charge in [0.05, 0.1) is 40.2 Å². The van der Waals surface area contributed by atoms with Crippen LogP contribution in [0.2, 0.25) is 0 Å². The standard InChI is InChI=1S/C18H21N3O9S2/c1-2-30-18-6-4-14(32(27,28)20-7-9-29-10-8-20)11-15(18)19-31(25,26)13-3-5-17(22)16(12-13)21(23)24/h3-6,11-12,19,22H,2,7-10H2,1H3. The first-order valence-corrected chi connectivity index (χ1v) is 12.3. The lowest BCUT2D eigenvalue weighted by Gasteiger charge is -2.26.